The summed E-state index contributed by atoms with van der Waals surface area (Å²) in [6.45, 7) is 1.06. The zero-order valence-electron chi connectivity index (χ0n) is 14.8. The van der Waals surface area contributed by atoms with Crippen LogP contribution in [0.5, 0.6) is 0 Å². The van der Waals surface area contributed by atoms with E-state index in [-0.39, 0.29) is 17.9 Å². The molecule has 2 aromatic heterocycles. The highest BCUT2D eigenvalue weighted by Gasteiger charge is 2.32. The molecular weight excluding hydrogens is 376 g/mol. The lowest BCUT2D eigenvalue weighted by Gasteiger charge is -2.36. The largest absolute Gasteiger partial charge is 0.351 e. The Hall–Kier alpha value is -2.44. The number of carbonyl (C=O) groups excluding carboxylic acids is 2. The molecule has 0 radical (unpaired) electrons. The quantitative estimate of drug-likeness (QED) is 0.706. The van der Waals surface area contributed by atoms with Crippen molar-refractivity contribution in [3.05, 3.63) is 80.2 Å². The summed E-state index contributed by atoms with van der Waals surface area (Å²) in [6.07, 6.45) is 1.20. The van der Waals surface area contributed by atoms with Gasteiger partial charge in [0.25, 0.3) is 5.91 Å². The standard InChI is InChI=1S/C21H20N2O2S2/c24-19(6-10-22-21(25)16-8-12-26-14-16)23-11-7-18-17(9-13-27-18)20(23)15-4-2-1-3-5-15/h1-5,8-9,12-14,20H,6-7,10-11H2,(H,22,25)/t20-/m1/s1. The molecule has 0 fully saturated rings. The Labute approximate surface area is 166 Å². The van der Waals surface area contributed by atoms with Crippen molar-refractivity contribution < 1.29 is 9.59 Å². The molecule has 0 saturated heterocycles. The predicted octanol–water partition coefficient (Wildman–Crippen LogP) is 4.10. The molecule has 1 N–H and O–H groups in total. The third-order valence-corrected chi connectivity index (χ3v) is 6.49. The molecule has 138 valence electrons. The van der Waals surface area contributed by atoms with Crippen LogP contribution in [0.15, 0.2) is 58.6 Å². The molecule has 0 saturated carbocycles. The van der Waals surface area contributed by atoms with Gasteiger partial charge in [0.2, 0.25) is 5.91 Å². The zero-order valence-corrected chi connectivity index (χ0v) is 16.4. The Kier molecular flexibility index (Phi) is 5.36. The number of thiophene rings is 2. The van der Waals surface area contributed by atoms with Gasteiger partial charge in [0.05, 0.1) is 6.04 Å². The van der Waals surface area contributed by atoms with E-state index in [0.29, 0.717) is 25.1 Å². The van der Waals surface area contributed by atoms with E-state index in [1.54, 1.807) is 17.4 Å². The third-order valence-electron chi connectivity index (χ3n) is 4.81. The van der Waals surface area contributed by atoms with Gasteiger partial charge in [-0.2, -0.15) is 11.3 Å². The summed E-state index contributed by atoms with van der Waals surface area (Å²) >= 11 is 3.25. The fourth-order valence-electron chi connectivity index (χ4n) is 3.50. The summed E-state index contributed by atoms with van der Waals surface area (Å²) < 4.78 is 0. The number of nitrogens with zero attached hydrogens (tertiary/aromatic N) is 1. The number of nitrogens with one attached hydrogen (secondary N) is 1. The van der Waals surface area contributed by atoms with Crippen LogP contribution in [0.4, 0.5) is 0 Å². The van der Waals surface area contributed by atoms with Gasteiger partial charge < -0.3 is 10.2 Å². The van der Waals surface area contributed by atoms with Crippen LogP contribution in [0.2, 0.25) is 0 Å². The Morgan fingerprint density at radius 1 is 1.11 bits per heavy atom. The Balaban J connectivity index is 1.46. The van der Waals surface area contributed by atoms with Crippen molar-refractivity contribution in [1.82, 2.24) is 10.2 Å². The molecule has 0 unspecified atom stereocenters. The fourth-order valence-corrected chi connectivity index (χ4v) is 5.04. The van der Waals surface area contributed by atoms with E-state index in [4.69, 9.17) is 0 Å². The summed E-state index contributed by atoms with van der Waals surface area (Å²) in [6, 6.07) is 14.1. The fraction of sp³-hybridized carbons (Fsp3) is 0.238. The molecule has 2 amide bonds. The number of rotatable bonds is 5. The predicted molar refractivity (Wildman–Crippen MR) is 109 cm³/mol. The first-order valence-corrected chi connectivity index (χ1v) is 10.8. The number of carbonyl (C=O) groups is 2. The molecule has 6 heteroatoms. The van der Waals surface area contributed by atoms with E-state index in [1.807, 2.05) is 33.9 Å². The maximum atomic E-state index is 13.0. The molecule has 4 nitrogen and oxygen atoms in total. The van der Waals surface area contributed by atoms with E-state index < -0.39 is 0 Å². The Morgan fingerprint density at radius 3 is 2.74 bits per heavy atom. The van der Waals surface area contributed by atoms with Crippen molar-refractivity contribution in [3.63, 3.8) is 0 Å². The van der Waals surface area contributed by atoms with Gasteiger partial charge in [-0.25, -0.2) is 0 Å². The Bertz CT molecular complexity index is 919. The minimum absolute atomic E-state index is 0.0405. The summed E-state index contributed by atoms with van der Waals surface area (Å²) in [4.78, 5) is 28.3. The molecule has 0 aliphatic carbocycles. The van der Waals surface area contributed by atoms with Crippen LogP contribution in [0.1, 0.15) is 38.8 Å². The van der Waals surface area contributed by atoms with Crippen molar-refractivity contribution >= 4 is 34.5 Å². The molecule has 1 aliphatic rings. The van der Waals surface area contributed by atoms with Gasteiger partial charge in [-0.3, -0.25) is 9.59 Å². The minimum atomic E-state index is -0.123. The first-order chi connectivity index (χ1) is 13.2. The van der Waals surface area contributed by atoms with Crippen molar-refractivity contribution in [1.29, 1.82) is 0 Å². The highest BCUT2D eigenvalue weighted by atomic mass is 32.1. The molecular formula is C21H20N2O2S2. The number of hydrogen-bond acceptors (Lipinski definition) is 4. The van der Waals surface area contributed by atoms with Gasteiger partial charge in [-0.05, 0) is 40.4 Å². The highest BCUT2D eigenvalue weighted by molar-refractivity contribution is 7.10. The van der Waals surface area contributed by atoms with Crippen LogP contribution in [0, 0.1) is 0 Å². The monoisotopic (exact) mass is 396 g/mol. The molecule has 3 heterocycles. The number of amides is 2. The lowest BCUT2D eigenvalue weighted by atomic mass is 9.93. The normalized spacial score (nSPS) is 16.0. The Morgan fingerprint density at radius 2 is 1.96 bits per heavy atom. The number of hydrogen-bond donors (Lipinski definition) is 1. The third kappa shape index (κ3) is 3.82. The lowest BCUT2D eigenvalue weighted by Crippen LogP contribution is -2.41. The molecule has 1 atom stereocenters. The average molecular weight is 397 g/mol. The summed E-state index contributed by atoms with van der Waals surface area (Å²) in [7, 11) is 0. The molecule has 4 rings (SSSR count). The second-order valence-electron chi connectivity index (χ2n) is 6.47. The maximum absolute atomic E-state index is 13.0. The SMILES string of the molecule is O=C(NCCC(=O)N1CCc2sccc2[C@H]1c1ccccc1)c1ccsc1. The second kappa shape index (κ2) is 8.06. The lowest BCUT2D eigenvalue weighted by molar-refractivity contribution is -0.133. The minimum Gasteiger partial charge on any atom is -0.351 e. The van der Waals surface area contributed by atoms with Gasteiger partial charge in [-0.1, -0.05) is 30.3 Å². The molecule has 3 aromatic rings. The molecule has 1 aliphatic heterocycles. The molecule has 0 spiro atoms. The molecule has 1 aromatic carbocycles. The van der Waals surface area contributed by atoms with Crippen LogP contribution >= 0.6 is 22.7 Å². The number of benzene rings is 1. The van der Waals surface area contributed by atoms with Crippen molar-refractivity contribution in [2.45, 2.75) is 18.9 Å². The first-order valence-electron chi connectivity index (χ1n) is 8.95. The summed E-state index contributed by atoms with van der Waals surface area (Å²) in [5, 5.41) is 8.64. The summed E-state index contributed by atoms with van der Waals surface area (Å²) in [5.41, 5.74) is 3.01. The van der Waals surface area contributed by atoms with Gasteiger partial charge in [0, 0.05) is 35.3 Å². The van der Waals surface area contributed by atoms with Crippen LogP contribution in [0.25, 0.3) is 0 Å². The van der Waals surface area contributed by atoms with Gasteiger partial charge >= 0.3 is 0 Å². The van der Waals surface area contributed by atoms with Crippen LogP contribution in [0.3, 0.4) is 0 Å². The van der Waals surface area contributed by atoms with Crippen LogP contribution in [-0.2, 0) is 11.2 Å². The van der Waals surface area contributed by atoms with Gasteiger partial charge in [0.1, 0.15) is 0 Å². The highest BCUT2D eigenvalue weighted by Crippen LogP contribution is 2.37. The summed E-state index contributed by atoms with van der Waals surface area (Å²) in [5.74, 6) is -0.0475. The van der Waals surface area contributed by atoms with E-state index in [9.17, 15) is 9.59 Å². The van der Waals surface area contributed by atoms with Gasteiger partial charge in [0.15, 0.2) is 0 Å². The smallest absolute Gasteiger partial charge is 0.252 e. The number of fused-ring (bicyclic) bond motifs is 1. The van der Waals surface area contributed by atoms with Gasteiger partial charge in [-0.15, -0.1) is 11.3 Å². The second-order valence-corrected chi connectivity index (χ2v) is 8.25. The first kappa shape index (κ1) is 17.9. The van der Waals surface area contributed by atoms with E-state index in [1.165, 1.54) is 21.8 Å². The van der Waals surface area contributed by atoms with E-state index in [2.05, 4.69) is 28.9 Å². The topological polar surface area (TPSA) is 49.4 Å². The zero-order chi connectivity index (χ0) is 18.6. The van der Waals surface area contributed by atoms with Crippen LogP contribution in [-0.4, -0.2) is 29.8 Å². The van der Waals surface area contributed by atoms with E-state index >= 15 is 0 Å². The van der Waals surface area contributed by atoms with Crippen molar-refractivity contribution in [3.8, 4) is 0 Å². The maximum Gasteiger partial charge on any atom is 0.252 e. The molecule has 27 heavy (non-hydrogen) atoms. The molecule has 0 bridgehead atoms. The van der Waals surface area contributed by atoms with Crippen molar-refractivity contribution in [2.24, 2.45) is 0 Å². The van der Waals surface area contributed by atoms with Crippen LogP contribution < -0.4 is 5.32 Å². The van der Waals surface area contributed by atoms with Crippen molar-refractivity contribution in [2.75, 3.05) is 13.1 Å². The van der Waals surface area contributed by atoms with E-state index in [0.717, 1.165) is 12.0 Å². The average Bonchev–Trinajstić information content (AvgIpc) is 3.39.